The zero-order valence-electron chi connectivity index (χ0n) is 16.8. The smallest absolute Gasteiger partial charge is 0.339 e. The minimum atomic E-state index is -3.72. The second-order valence-corrected chi connectivity index (χ2v) is 8.40. The number of hydrogen-bond acceptors (Lipinski definition) is 6. The Kier molecular flexibility index (Phi) is 7.10. The average Bonchev–Trinajstić information content (AvgIpc) is 2.68. The maximum atomic E-state index is 12.7. The number of nitrogens with zero attached hydrogens (tertiary/aromatic N) is 2. The van der Waals surface area contributed by atoms with E-state index >= 15 is 0 Å². The van der Waals surface area contributed by atoms with Crippen molar-refractivity contribution in [2.45, 2.75) is 38.7 Å². The van der Waals surface area contributed by atoms with Crippen molar-refractivity contribution in [3.8, 4) is 0 Å². The van der Waals surface area contributed by atoms with E-state index in [4.69, 9.17) is 4.74 Å². The van der Waals surface area contributed by atoms with Gasteiger partial charge in [-0.05, 0) is 37.1 Å². The van der Waals surface area contributed by atoms with E-state index in [1.165, 1.54) is 34.6 Å². The van der Waals surface area contributed by atoms with Crippen molar-refractivity contribution in [1.82, 2.24) is 4.31 Å². The summed E-state index contributed by atoms with van der Waals surface area (Å²) in [5, 5.41) is 10.9. The van der Waals surface area contributed by atoms with Crippen LogP contribution in [0.4, 0.5) is 5.69 Å². The van der Waals surface area contributed by atoms with Gasteiger partial charge in [0.05, 0.1) is 15.4 Å². The molecular weight excluding hydrogens is 396 g/mol. The van der Waals surface area contributed by atoms with Gasteiger partial charge in [0.2, 0.25) is 10.0 Å². The third kappa shape index (κ3) is 4.99. The van der Waals surface area contributed by atoms with E-state index in [1.807, 2.05) is 0 Å². The first-order valence-electron chi connectivity index (χ1n) is 9.17. The molecule has 0 aliphatic carbocycles. The van der Waals surface area contributed by atoms with Crippen LogP contribution in [0.2, 0.25) is 0 Å². The second-order valence-electron chi connectivity index (χ2n) is 6.47. The molecule has 0 heterocycles. The van der Waals surface area contributed by atoms with E-state index < -0.39 is 27.0 Å². The third-order valence-corrected chi connectivity index (χ3v) is 6.65. The predicted octanol–water partition coefficient (Wildman–Crippen LogP) is 3.85. The Morgan fingerprint density at radius 2 is 1.83 bits per heavy atom. The lowest BCUT2D eigenvalue weighted by atomic mass is 10.1. The Hall–Kier alpha value is -2.78. The largest absolute Gasteiger partial charge is 0.454 e. The molecule has 1 atom stereocenters. The zero-order chi connectivity index (χ0) is 21.8. The molecule has 2 aromatic rings. The summed E-state index contributed by atoms with van der Waals surface area (Å²) < 4.78 is 32.2. The van der Waals surface area contributed by atoms with Gasteiger partial charge in [-0.1, -0.05) is 32.0 Å². The van der Waals surface area contributed by atoms with Crippen LogP contribution < -0.4 is 0 Å². The molecule has 0 fully saturated rings. The highest BCUT2D eigenvalue weighted by molar-refractivity contribution is 7.89. The number of rotatable bonds is 8. The zero-order valence-corrected chi connectivity index (χ0v) is 17.6. The fourth-order valence-corrected chi connectivity index (χ4v) is 4.36. The fraction of sp³-hybridized carbons (Fsp3) is 0.350. The molecule has 0 aromatic heterocycles. The van der Waals surface area contributed by atoms with Crippen LogP contribution in [0.1, 0.15) is 48.4 Å². The van der Waals surface area contributed by atoms with Crippen LogP contribution in [0.25, 0.3) is 0 Å². The van der Waals surface area contributed by atoms with Crippen molar-refractivity contribution in [2.24, 2.45) is 0 Å². The molecule has 0 aliphatic rings. The van der Waals surface area contributed by atoms with Gasteiger partial charge in [0.1, 0.15) is 6.10 Å². The highest BCUT2D eigenvalue weighted by Crippen LogP contribution is 2.25. The summed E-state index contributed by atoms with van der Waals surface area (Å²) in [5.41, 5.74) is 1.07. The maximum absolute atomic E-state index is 12.7. The van der Waals surface area contributed by atoms with Gasteiger partial charge in [-0.2, -0.15) is 4.31 Å². The van der Waals surface area contributed by atoms with Gasteiger partial charge < -0.3 is 4.74 Å². The molecule has 2 aromatic carbocycles. The molecule has 0 bridgehead atoms. The first-order chi connectivity index (χ1) is 13.6. The number of ether oxygens (including phenoxy) is 1. The van der Waals surface area contributed by atoms with E-state index in [2.05, 4.69) is 0 Å². The Bertz CT molecular complexity index is 1020. The number of carbonyl (C=O) groups is 1. The van der Waals surface area contributed by atoms with Crippen molar-refractivity contribution in [3.05, 3.63) is 69.3 Å². The van der Waals surface area contributed by atoms with Crippen molar-refractivity contribution < 1.29 is 22.9 Å². The molecule has 0 unspecified atom stereocenters. The molecule has 29 heavy (non-hydrogen) atoms. The molecular formula is C20H24N2O6S. The van der Waals surface area contributed by atoms with E-state index in [0.717, 1.165) is 0 Å². The maximum Gasteiger partial charge on any atom is 0.339 e. The Morgan fingerprint density at radius 1 is 1.17 bits per heavy atom. The highest BCUT2D eigenvalue weighted by atomic mass is 32.2. The SMILES string of the molecule is CCN(CC)S(=O)(=O)c1ccc(C)c(C(=O)O[C@@H](C)c2cccc([N+](=O)[O-])c2)c1. The first-order valence-corrected chi connectivity index (χ1v) is 10.6. The number of nitro benzene ring substituents is 1. The Labute approximate surface area is 170 Å². The second kappa shape index (κ2) is 9.15. The number of hydrogen-bond donors (Lipinski definition) is 0. The van der Waals surface area contributed by atoms with Gasteiger partial charge in [-0.3, -0.25) is 10.1 Å². The molecule has 0 spiro atoms. The van der Waals surface area contributed by atoms with Crippen LogP contribution in [0.3, 0.4) is 0 Å². The Morgan fingerprint density at radius 3 is 2.41 bits per heavy atom. The fourth-order valence-electron chi connectivity index (χ4n) is 2.88. The highest BCUT2D eigenvalue weighted by Gasteiger charge is 2.24. The molecule has 0 aliphatic heterocycles. The number of aryl methyl sites for hydroxylation is 1. The van der Waals surface area contributed by atoms with Gasteiger partial charge in [0, 0.05) is 25.2 Å². The monoisotopic (exact) mass is 420 g/mol. The van der Waals surface area contributed by atoms with Crippen LogP contribution in [-0.2, 0) is 14.8 Å². The van der Waals surface area contributed by atoms with E-state index in [-0.39, 0.29) is 16.1 Å². The van der Waals surface area contributed by atoms with E-state index in [1.54, 1.807) is 39.8 Å². The van der Waals surface area contributed by atoms with Crippen molar-refractivity contribution >= 4 is 21.7 Å². The summed E-state index contributed by atoms with van der Waals surface area (Å²) in [6.45, 7) is 7.40. The lowest BCUT2D eigenvalue weighted by Gasteiger charge is -2.19. The lowest BCUT2D eigenvalue weighted by Crippen LogP contribution is -2.30. The molecule has 0 radical (unpaired) electrons. The molecule has 0 amide bonds. The number of sulfonamides is 1. The lowest BCUT2D eigenvalue weighted by molar-refractivity contribution is -0.385. The molecule has 156 valence electrons. The van der Waals surface area contributed by atoms with Crippen molar-refractivity contribution in [2.75, 3.05) is 13.1 Å². The van der Waals surface area contributed by atoms with Gasteiger partial charge in [-0.15, -0.1) is 0 Å². The van der Waals surface area contributed by atoms with E-state index in [9.17, 15) is 23.3 Å². The molecule has 0 saturated heterocycles. The van der Waals surface area contributed by atoms with Crippen LogP contribution >= 0.6 is 0 Å². The van der Waals surface area contributed by atoms with Crippen molar-refractivity contribution in [1.29, 1.82) is 0 Å². The quantitative estimate of drug-likeness (QED) is 0.365. The number of non-ortho nitro benzene ring substituents is 1. The summed E-state index contributed by atoms with van der Waals surface area (Å²) in [5.74, 6) is -0.696. The third-order valence-electron chi connectivity index (χ3n) is 4.61. The standard InChI is InChI=1S/C20H24N2O6S/c1-5-21(6-2)29(26,27)18-11-10-14(3)19(13-18)20(23)28-15(4)16-8-7-9-17(12-16)22(24)25/h7-13,15H,5-6H2,1-4H3/t15-/m0/s1. The number of nitro groups is 1. The van der Waals surface area contributed by atoms with Gasteiger partial charge in [0.15, 0.2) is 0 Å². The minimum absolute atomic E-state index is 0.0155. The summed E-state index contributed by atoms with van der Waals surface area (Å²) in [6, 6.07) is 10.2. The summed E-state index contributed by atoms with van der Waals surface area (Å²) in [7, 11) is -3.72. The van der Waals surface area contributed by atoms with Crippen LogP contribution in [-0.4, -0.2) is 36.7 Å². The molecule has 0 N–H and O–H groups in total. The minimum Gasteiger partial charge on any atom is -0.454 e. The van der Waals surface area contributed by atoms with Gasteiger partial charge in [-0.25, -0.2) is 13.2 Å². The molecule has 8 nitrogen and oxygen atoms in total. The number of esters is 1. The number of benzene rings is 2. The molecule has 9 heteroatoms. The predicted molar refractivity (Wildman–Crippen MR) is 108 cm³/mol. The first kappa shape index (κ1) is 22.5. The normalized spacial score (nSPS) is 12.6. The van der Waals surface area contributed by atoms with Crippen molar-refractivity contribution in [3.63, 3.8) is 0 Å². The van der Waals surface area contributed by atoms with Crippen LogP contribution in [0.15, 0.2) is 47.4 Å². The molecule has 2 rings (SSSR count). The Balaban J connectivity index is 2.31. The van der Waals surface area contributed by atoms with E-state index in [0.29, 0.717) is 24.2 Å². The summed E-state index contributed by atoms with van der Waals surface area (Å²) in [6.07, 6.45) is -0.746. The van der Waals surface area contributed by atoms with Gasteiger partial charge >= 0.3 is 5.97 Å². The van der Waals surface area contributed by atoms with Gasteiger partial charge in [0.25, 0.3) is 5.69 Å². The molecule has 0 saturated carbocycles. The summed E-state index contributed by atoms with van der Waals surface area (Å²) >= 11 is 0. The summed E-state index contributed by atoms with van der Waals surface area (Å²) in [4.78, 5) is 23.1. The van der Waals surface area contributed by atoms with Crippen LogP contribution in [0, 0.1) is 17.0 Å². The topological polar surface area (TPSA) is 107 Å². The van der Waals surface area contributed by atoms with Crippen LogP contribution in [0.5, 0.6) is 0 Å². The average molecular weight is 420 g/mol. The number of carbonyl (C=O) groups excluding carboxylic acids is 1.